The van der Waals surface area contributed by atoms with E-state index in [1.54, 1.807) is 19.9 Å². The third kappa shape index (κ3) is 1.98. The van der Waals surface area contributed by atoms with E-state index in [9.17, 15) is 14.3 Å². The van der Waals surface area contributed by atoms with Gasteiger partial charge in [-0.3, -0.25) is 14.3 Å². The number of nitro groups is 1. The number of benzene rings is 1. The third-order valence-corrected chi connectivity index (χ3v) is 2.99. The molecule has 1 rings (SSSR count). The molecular formula is C9H11NO3S. The summed E-state index contributed by atoms with van der Waals surface area (Å²) < 4.78 is 11.3. The van der Waals surface area contributed by atoms with E-state index in [1.165, 1.54) is 12.3 Å². The maximum atomic E-state index is 11.3. The minimum absolute atomic E-state index is 0.0525. The van der Waals surface area contributed by atoms with Gasteiger partial charge in [-0.05, 0) is 25.0 Å². The zero-order valence-electron chi connectivity index (χ0n) is 8.23. The van der Waals surface area contributed by atoms with E-state index >= 15 is 0 Å². The summed E-state index contributed by atoms with van der Waals surface area (Å²) in [5, 5.41) is 10.7. The predicted molar refractivity (Wildman–Crippen MR) is 54.9 cm³/mol. The van der Waals surface area contributed by atoms with Crippen LogP contribution in [0.2, 0.25) is 0 Å². The lowest BCUT2D eigenvalue weighted by molar-refractivity contribution is -0.387. The number of hydrogen-bond donors (Lipinski definition) is 0. The number of hydrogen-bond acceptors (Lipinski definition) is 3. The molecule has 4 nitrogen and oxygen atoms in total. The van der Waals surface area contributed by atoms with Gasteiger partial charge in [0.1, 0.15) is 4.90 Å². The zero-order valence-corrected chi connectivity index (χ0v) is 9.05. The van der Waals surface area contributed by atoms with Crippen LogP contribution in [-0.2, 0) is 10.8 Å². The Kier molecular flexibility index (Phi) is 3.00. The van der Waals surface area contributed by atoms with Gasteiger partial charge in [0.25, 0.3) is 5.69 Å². The van der Waals surface area contributed by atoms with E-state index in [2.05, 4.69) is 0 Å². The molecule has 0 fully saturated rings. The monoisotopic (exact) mass is 213 g/mol. The molecule has 0 N–H and O–H groups in total. The highest BCUT2D eigenvalue weighted by molar-refractivity contribution is 7.84. The van der Waals surface area contributed by atoms with Crippen molar-refractivity contribution >= 4 is 16.5 Å². The summed E-state index contributed by atoms with van der Waals surface area (Å²) in [6, 6.07) is 3.24. The fourth-order valence-corrected chi connectivity index (χ4v) is 2.38. The van der Waals surface area contributed by atoms with Crippen molar-refractivity contribution in [2.75, 3.05) is 6.26 Å². The van der Waals surface area contributed by atoms with E-state index in [4.69, 9.17) is 0 Å². The lowest BCUT2D eigenvalue weighted by Crippen LogP contribution is -2.00. The molecule has 76 valence electrons. The Morgan fingerprint density at radius 3 is 2.36 bits per heavy atom. The maximum Gasteiger partial charge on any atom is 0.285 e. The first-order valence-electron chi connectivity index (χ1n) is 4.02. The number of rotatable bonds is 2. The van der Waals surface area contributed by atoms with E-state index in [0.29, 0.717) is 10.5 Å². The molecule has 0 aliphatic heterocycles. The molecule has 1 unspecified atom stereocenters. The van der Waals surface area contributed by atoms with Crippen LogP contribution in [0.3, 0.4) is 0 Å². The van der Waals surface area contributed by atoms with Gasteiger partial charge in [0.15, 0.2) is 0 Å². The Balaban J connectivity index is 3.52. The van der Waals surface area contributed by atoms with Gasteiger partial charge >= 0.3 is 0 Å². The standard InChI is InChI=1S/C9H11NO3S/c1-6-4-7(2)9(14(3)13)8(5-6)10(11)12/h4-5H,1-3H3. The number of nitro benzene ring substituents is 1. The maximum absolute atomic E-state index is 11.3. The molecule has 0 saturated heterocycles. The van der Waals surface area contributed by atoms with Crippen molar-refractivity contribution < 1.29 is 9.13 Å². The van der Waals surface area contributed by atoms with Gasteiger partial charge in [0.05, 0.1) is 15.7 Å². The van der Waals surface area contributed by atoms with Gasteiger partial charge < -0.3 is 0 Å². The van der Waals surface area contributed by atoms with Crippen molar-refractivity contribution in [2.24, 2.45) is 0 Å². The van der Waals surface area contributed by atoms with Gasteiger partial charge in [-0.1, -0.05) is 6.07 Å². The highest BCUT2D eigenvalue weighted by Crippen LogP contribution is 2.26. The fraction of sp³-hybridized carbons (Fsp3) is 0.333. The molecular weight excluding hydrogens is 202 g/mol. The number of nitrogens with zero attached hydrogens (tertiary/aromatic N) is 1. The summed E-state index contributed by atoms with van der Waals surface area (Å²) in [4.78, 5) is 10.5. The second-order valence-corrected chi connectivity index (χ2v) is 4.46. The van der Waals surface area contributed by atoms with Crippen LogP contribution in [0.25, 0.3) is 0 Å². The summed E-state index contributed by atoms with van der Waals surface area (Å²) in [6.07, 6.45) is 1.45. The van der Waals surface area contributed by atoms with E-state index in [0.717, 1.165) is 5.56 Å². The van der Waals surface area contributed by atoms with Gasteiger partial charge in [-0.15, -0.1) is 0 Å². The van der Waals surface area contributed by atoms with Crippen molar-refractivity contribution in [3.8, 4) is 0 Å². The molecule has 0 amide bonds. The summed E-state index contributed by atoms with van der Waals surface area (Å²) >= 11 is 0. The largest absolute Gasteiger partial charge is 0.285 e. The normalized spacial score (nSPS) is 12.5. The molecule has 0 aliphatic carbocycles. The minimum atomic E-state index is -1.32. The van der Waals surface area contributed by atoms with Crippen molar-refractivity contribution in [2.45, 2.75) is 18.7 Å². The highest BCUT2D eigenvalue weighted by Gasteiger charge is 2.19. The van der Waals surface area contributed by atoms with Gasteiger partial charge in [0, 0.05) is 12.3 Å². The van der Waals surface area contributed by atoms with Crippen LogP contribution < -0.4 is 0 Å². The predicted octanol–water partition coefficient (Wildman–Crippen LogP) is 1.95. The lowest BCUT2D eigenvalue weighted by Gasteiger charge is -2.04. The van der Waals surface area contributed by atoms with Crippen LogP contribution in [0, 0.1) is 24.0 Å². The first-order chi connectivity index (χ1) is 6.43. The average molecular weight is 213 g/mol. The Bertz CT molecular complexity index is 415. The topological polar surface area (TPSA) is 60.2 Å². The molecule has 1 aromatic rings. The minimum Gasteiger partial charge on any atom is -0.258 e. The van der Waals surface area contributed by atoms with Crippen molar-refractivity contribution in [3.05, 3.63) is 33.4 Å². The van der Waals surface area contributed by atoms with Gasteiger partial charge in [-0.2, -0.15) is 0 Å². The molecule has 0 radical (unpaired) electrons. The van der Waals surface area contributed by atoms with Gasteiger partial charge in [-0.25, -0.2) is 0 Å². The quantitative estimate of drug-likeness (QED) is 0.557. The molecule has 1 atom stereocenters. The Morgan fingerprint density at radius 2 is 1.93 bits per heavy atom. The summed E-state index contributed by atoms with van der Waals surface area (Å²) in [7, 11) is -1.32. The second-order valence-electron chi connectivity index (χ2n) is 3.14. The first-order valence-corrected chi connectivity index (χ1v) is 5.58. The molecule has 1 aromatic carbocycles. The summed E-state index contributed by atoms with van der Waals surface area (Å²) in [5.74, 6) is 0. The van der Waals surface area contributed by atoms with Crippen LogP contribution in [0.1, 0.15) is 11.1 Å². The van der Waals surface area contributed by atoms with E-state index in [1.807, 2.05) is 0 Å². The van der Waals surface area contributed by atoms with E-state index in [-0.39, 0.29) is 5.69 Å². The zero-order chi connectivity index (χ0) is 10.9. The molecule has 0 aliphatic rings. The van der Waals surface area contributed by atoms with Crippen molar-refractivity contribution in [3.63, 3.8) is 0 Å². The SMILES string of the molecule is Cc1cc(C)c(S(C)=O)c([N+](=O)[O-])c1. The van der Waals surface area contributed by atoms with Crippen LogP contribution in [0.5, 0.6) is 0 Å². The Labute approximate surface area is 84.6 Å². The third-order valence-electron chi connectivity index (χ3n) is 1.88. The highest BCUT2D eigenvalue weighted by atomic mass is 32.2. The molecule has 0 spiro atoms. The van der Waals surface area contributed by atoms with Crippen molar-refractivity contribution in [1.82, 2.24) is 0 Å². The first kappa shape index (κ1) is 10.8. The molecule has 0 aromatic heterocycles. The van der Waals surface area contributed by atoms with E-state index < -0.39 is 15.7 Å². The van der Waals surface area contributed by atoms with Crippen LogP contribution in [0.4, 0.5) is 5.69 Å². The average Bonchev–Trinajstić information content (AvgIpc) is 2.01. The Hall–Kier alpha value is -1.23. The van der Waals surface area contributed by atoms with Crippen LogP contribution >= 0.6 is 0 Å². The van der Waals surface area contributed by atoms with Crippen LogP contribution in [-0.4, -0.2) is 15.4 Å². The summed E-state index contributed by atoms with van der Waals surface area (Å²) in [5.41, 5.74) is 1.46. The molecule has 5 heteroatoms. The lowest BCUT2D eigenvalue weighted by atomic mass is 10.1. The molecule has 14 heavy (non-hydrogen) atoms. The molecule has 0 saturated carbocycles. The van der Waals surface area contributed by atoms with Crippen molar-refractivity contribution in [1.29, 1.82) is 0 Å². The second kappa shape index (κ2) is 3.88. The van der Waals surface area contributed by atoms with Crippen LogP contribution in [0.15, 0.2) is 17.0 Å². The molecule has 0 bridgehead atoms. The fourth-order valence-electron chi connectivity index (χ4n) is 1.44. The smallest absolute Gasteiger partial charge is 0.258 e. The Morgan fingerprint density at radius 1 is 1.36 bits per heavy atom. The molecule has 0 heterocycles. The summed E-state index contributed by atoms with van der Waals surface area (Å²) in [6.45, 7) is 3.51. The number of aryl methyl sites for hydroxylation is 2. The van der Waals surface area contributed by atoms with Gasteiger partial charge in [0.2, 0.25) is 0 Å².